The van der Waals surface area contributed by atoms with E-state index in [9.17, 15) is 9.59 Å². The second-order valence-corrected chi connectivity index (χ2v) is 7.37. The highest BCUT2D eigenvalue weighted by Crippen LogP contribution is 2.69. The average molecular weight is 255 g/mol. The summed E-state index contributed by atoms with van der Waals surface area (Å²) >= 11 is 0. The fourth-order valence-corrected chi connectivity index (χ4v) is 2.75. The lowest BCUT2D eigenvalue weighted by atomic mass is 10.0. The smallest absolute Gasteiger partial charge is 0.323 e. The molecule has 0 aromatic rings. The Balaban J connectivity index is 2.97. The van der Waals surface area contributed by atoms with E-state index in [1.807, 2.05) is 20.8 Å². The van der Waals surface area contributed by atoms with E-state index in [1.54, 1.807) is 0 Å². The zero-order valence-corrected chi connectivity index (χ0v) is 12.5. The molecule has 1 N–H and O–H groups in total. The molecule has 18 heavy (non-hydrogen) atoms. The molecule has 0 unspecified atom stereocenters. The zero-order valence-electron chi connectivity index (χ0n) is 12.5. The lowest BCUT2D eigenvalue weighted by molar-refractivity contribution is -0.149. The maximum atomic E-state index is 12.6. The Bertz CT molecular complexity index is 363. The van der Waals surface area contributed by atoms with Gasteiger partial charge in [0, 0.05) is 11.5 Å². The Hall–Kier alpha value is -1.06. The van der Waals surface area contributed by atoms with Crippen molar-refractivity contribution in [3.05, 3.63) is 0 Å². The molecule has 4 nitrogen and oxygen atoms in total. The summed E-state index contributed by atoms with van der Waals surface area (Å²) in [5.74, 6) is -1.10. The van der Waals surface area contributed by atoms with Crippen LogP contribution >= 0.6 is 0 Å². The highest BCUT2D eigenvalue weighted by Gasteiger charge is 2.69. The predicted molar refractivity (Wildman–Crippen MR) is 70.2 cm³/mol. The van der Waals surface area contributed by atoms with Crippen molar-refractivity contribution >= 4 is 11.9 Å². The summed E-state index contributed by atoms with van der Waals surface area (Å²) in [4.78, 5) is 25.0. The number of hydrogen-bond acceptors (Lipinski definition) is 2. The van der Waals surface area contributed by atoms with E-state index in [0.717, 1.165) is 0 Å². The van der Waals surface area contributed by atoms with Crippen LogP contribution < -0.4 is 0 Å². The number of nitrogens with zero attached hydrogens (tertiary/aromatic N) is 1. The normalized spacial score (nSPS) is 21.5. The van der Waals surface area contributed by atoms with Gasteiger partial charge in [-0.3, -0.25) is 9.59 Å². The van der Waals surface area contributed by atoms with E-state index in [1.165, 1.54) is 4.90 Å². The van der Waals surface area contributed by atoms with Gasteiger partial charge in [-0.2, -0.15) is 0 Å². The van der Waals surface area contributed by atoms with Crippen LogP contribution in [0.15, 0.2) is 0 Å². The van der Waals surface area contributed by atoms with Gasteiger partial charge in [0.2, 0.25) is 5.91 Å². The van der Waals surface area contributed by atoms with Crippen LogP contribution in [0.2, 0.25) is 0 Å². The van der Waals surface area contributed by atoms with Gasteiger partial charge in [0.25, 0.3) is 0 Å². The van der Waals surface area contributed by atoms with E-state index < -0.39 is 11.5 Å². The van der Waals surface area contributed by atoms with Crippen LogP contribution in [0.5, 0.6) is 0 Å². The van der Waals surface area contributed by atoms with Crippen molar-refractivity contribution in [1.29, 1.82) is 0 Å². The minimum atomic E-state index is -0.963. The van der Waals surface area contributed by atoms with Crippen LogP contribution in [0, 0.1) is 16.7 Å². The molecule has 4 heteroatoms. The number of hydrogen-bond donors (Lipinski definition) is 1. The predicted octanol–water partition coefficient (Wildman–Crippen LogP) is 2.38. The molecule has 0 bridgehead atoms. The number of carboxylic acid groups (broad SMARTS) is 1. The van der Waals surface area contributed by atoms with Crippen LogP contribution in [-0.4, -0.2) is 34.0 Å². The quantitative estimate of drug-likeness (QED) is 0.842. The summed E-state index contributed by atoms with van der Waals surface area (Å²) in [5, 5.41) is 8.96. The SMILES string of the molecule is CC(C)(C)N(CC(=O)O)C(=O)C1C(C)(C)C1(C)C. The first-order valence-electron chi connectivity index (χ1n) is 6.36. The first kappa shape index (κ1) is 15.0. The highest BCUT2D eigenvalue weighted by molar-refractivity contribution is 5.87. The molecule has 0 spiro atoms. The van der Waals surface area contributed by atoms with Gasteiger partial charge in [0.05, 0.1) is 0 Å². The number of amides is 1. The van der Waals surface area contributed by atoms with Crippen molar-refractivity contribution in [3.8, 4) is 0 Å². The van der Waals surface area contributed by atoms with Crippen molar-refractivity contribution in [3.63, 3.8) is 0 Å². The Morgan fingerprint density at radius 3 is 1.72 bits per heavy atom. The molecular weight excluding hydrogens is 230 g/mol. The molecule has 0 aromatic heterocycles. The molecule has 0 aromatic carbocycles. The van der Waals surface area contributed by atoms with E-state index in [2.05, 4.69) is 27.7 Å². The van der Waals surface area contributed by atoms with Gasteiger partial charge in [-0.05, 0) is 31.6 Å². The second kappa shape index (κ2) is 3.97. The maximum Gasteiger partial charge on any atom is 0.323 e. The molecule has 1 rings (SSSR count). The molecular formula is C14H25NO3. The molecule has 0 radical (unpaired) electrons. The standard InChI is InChI=1S/C14H25NO3/c1-12(2,3)15(8-9(16)17)11(18)10-13(4,5)14(10,6)7/h10H,8H2,1-7H3,(H,16,17). The van der Waals surface area contributed by atoms with Gasteiger partial charge in [0.1, 0.15) is 6.54 Å². The van der Waals surface area contributed by atoms with Crippen molar-refractivity contribution in [2.45, 2.75) is 54.0 Å². The summed E-state index contributed by atoms with van der Waals surface area (Å²) in [6, 6.07) is 0. The molecule has 0 atom stereocenters. The van der Waals surface area contributed by atoms with E-state index >= 15 is 0 Å². The molecule has 1 saturated carbocycles. The van der Waals surface area contributed by atoms with E-state index in [0.29, 0.717) is 0 Å². The molecule has 0 heterocycles. The molecule has 1 aliphatic carbocycles. The Labute approximate surface area is 109 Å². The Kier molecular flexibility index (Phi) is 3.31. The summed E-state index contributed by atoms with van der Waals surface area (Å²) in [6.07, 6.45) is 0. The lowest BCUT2D eigenvalue weighted by Gasteiger charge is -2.35. The average Bonchev–Trinajstić information content (AvgIpc) is 2.50. The van der Waals surface area contributed by atoms with Gasteiger partial charge in [0.15, 0.2) is 0 Å². The minimum Gasteiger partial charge on any atom is -0.480 e. The number of rotatable bonds is 3. The van der Waals surface area contributed by atoms with Crippen molar-refractivity contribution < 1.29 is 14.7 Å². The van der Waals surface area contributed by atoms with Crippen molar-refractivity contribution in [1.82, 2.24) is 4.90 Å². The van der Waals surface area contributed by atoms with Gasteiger partial charge in [-0.1, -0.05) is 27.7 Å². The van der Waals surface area contributed by atoms with Crippen molar-refractivity contribution in [2.24, 2.45) is 16.7 Å². The van der Waals surface area contributed by atoms with Gasteiger partial charge >= 0.3 is 5.97 Å². The van der Waals surface area contributed by atoms with Gasteiger partial charge < -0.3 is 10.0 Å². The first-order valence-corrected chi connectivity index (χ1v) is 6.36. The molecule has 104 valence electrons. The maximum absolute atomic E-state index is 12.6. The topological polar surface area (TPSA) is 57.6 Å². The third-order valence-corrected chi connectivity index (χ3v) is 4.64. The lowest BCUT2D eigenvalue weighted by Crippen LogP contribution is -2.49. The van der Waals surface area contributed by atoms with E-state index in [4.69, 9.17) is 5.11 Å². The number of carbonyl (C=O) groups is 2. The van der Waals surface area contributed by atoms with Gasteiger partial charge in [-0.25, -0.2) is 0 Å². The fourth-order valence-electron chi connectivity index (χ4n) is 2.75. The summed E-state index contributed by atoms with van der Waals surface area (Å²) < 4.78 is 0. The molecule has 1 amide bonds. The van der Waals surface area contributed by atoms with Gasteiger partial charge in [-0.15, -0.1) is 0 Å². The number of carboxylic acids is 1. The second-order valence-electron chi connectivity index (χ2n) is 7.37. The Morgan fingerprint density at radius 2 is 1.50 bits per heavy atom. The van der Waals surface area contributed by atoms with Crippen molar-refractivity contribution in [2.75, 3.05) is 6.54 Å². The third-order valence-electron chi connectivity index (χ3n) is 4.64. The van der Waals surface area contributed by atoms with Crippen LogP contribution in [0.3, 0.4) is 0 Å². The van der Waals surface area contributed by atoms with Crippen LogP contribution in [-0.2, 0) is 9.59 Å². The summed E-state index contributed by atoms with van der Waals surface area (Å²) in [6.45, 7) is 13.6. The fraction of sp³-hybridized carbons (Fsp3) is 0.857. The number of carbonyl (C=O) groups excluding carboxylic acids is 1. The van der Waals surface area contributed by atoms with Crippen LogP contribution in [0.4, 0.5) is 0 Å². The van der Waals surface area contributed by atoms with E-state index in [-0.39, 0.29) is 29.2 Å². The molecule has 0 saturated heterocycles. The monoisotopic (exact) mass is 255 g/mol. The molecule has 1 aliphatic rings. The largest absolute Gasteiger partial charge is 0.480 e. The highest BCUT2D eigenvalue weighted by atomic mass is 16.4. The third kappa shape index (κ3) is 2.25. The minimum absolute atomic E-state index is 0.0418. The summed E-state index contributed by atoms with van der Waals surface area (Å²) in [7, 11) is 0. The zero-order chi connectivity index (χ0) is 14.5. The first-order chi connectivity index (χ1) is 7.83. The molecule has 0 aliphatic heterocycles. The van der Waals surface area contributed by atoms with Crippen LogP contribution in [0.1, 0.15) is 48.5 Å². The summed E-state index contributed by atoms with van der Waals surface area (Å²) in [5.41, 5.74) is -0.595. The molecule has 1 fully saturated rings. The Morgan fingerprint density at radius 1 is 1.11 bits per heavy atom. The van der Waals surface area contributed by atoms with Crippen LogP contribution in [0.25, 0.3) is 0 Å². The number of aliphatic carboxylic acids is 1.